The van der Waals surface area contributed by atoms with E-state index in [1.807, 2.05) is 14.0 Å². The van der Waals surface area contributed by atoms with Gasteiger partial charge in [0.05, 0.1) is 5.71 Å². The Labute approximate surface area is 145 Å². The quantitative estimate of drug-likeness (QED) is 0.427. The van der Waals surface area contributed by atoms with Crippen molar-refractivity contribution in [3.8, 4) is 0 Å². The monoisotopic (exact) mass is 333 g/mol. The molecule has 7 nitrogen and oxygen atoms in total. The van der Waals surface area contributed by atoms with Gasteiger partial charge in [-0.2, -0.15) is 5.10 Å². The number of aromatic nitrogens is 5. The SMILES string of the molecule is C/C(=N/N(C)c1nnnn1C)c1ccc2c(c1)c1ccccc1n2C. The molecular weight excluding hydrogens is 314 g/mol. The maximum atomic E-state index is 4.62. The van der Waals surface area contributed by atoms with E-state index in [4.69, 9.17) is 0 Å². The van der Waals surface area contributed by atoms with Crippen molar-refractivity contribution in [2.24, 2.45) is 19.2 Å². The number of hydrogen-bond donors (Lipinski definition) is 0. The molecule has 4 aromatic rings. The van der Waals surface area contributed by atoms with Crippen LogP contribution in [0.4, 0.5) is 5.95 Å². The largest absolute Gasteiger partial charge is 0.344 e. The Bertz CT molecular complexity index is 1100. The second-order valence-corrected chi connectivity index (χ2v) is 6.12. The zero-order chi connectivity index (χ0) is 17.6. The topological polar surface area (TPSA) is 64.1 Å². The Morgan fingerprint density at radius 2 is 1.80 bits per heavy atom. The maximum absolute atomic E-state index is 4.62. The van der Waals surface area contributed by atoms with Gasteiger partial charge in [0, 0.05) is 42.9 Å². The van der Waals surface area contributed by atoms with Crippen molar-refractivity contribution < 1.29 is 0 Å². The number of para-hydroxylation sites is 1. The van der Waals surface area contributed by atoms with Crippen LogP contribution in [-0.4, -0.2) is 37.5 Å². The van der Waals surface area contributed by atoms with Crippen molar-refractivity contribution >= 4 is 33.5 Å². The molecule has 0 unspecified atom stereocenters. The fraction of sp³-hybridized carbons (Fsp3) is 0.222. The zero-order valence-corrected chi connectivity index (χ0v) is 14.7. The van der Waals surface area contributed by atoms with Gasteiger partial charge in [0.2, 0.25) is 0 Å². The minimum absolute atomic E-state index is 0.589. The van der Waals surface area contributed by atoms with Crippen LogP contribution in [0, 0.1) is 0 Å². The minimum atomic E-state index is 0.589. The standard InChI is InChI=1S/C18H19N7/c1-12(20-24(3)18-19-21-22-25(18)4)13-9-10-17-15(11-13)14-7-5-6-8-16(14)23(17)2/h5-11H,1-4H3/b20-12-. The van der Waals surface area contributed by atoms with Gasteiger partial charge in [0.25, 0.3) is 5.95 Å². The third kappa shape index (κ3) is 2.44. The number of hydrazone groups is 1. The smallest absolute Gasteiger partial charge is 0.265 e. The normalized spacial score (nSPS) is 12.2. The number of hydrogen-bond acceptors (Lipinski definition) is 5. The molecule has 2 heterocycles. The number of aryl methyl sites for hydroxylation is 2. The van der Waals surface area contributed by atoms with Gasteiger partial charge in [-0.05, 0) is 41.1 Å². The summed E-state index contributed by atoms with van der Waals surface area (Å²) in [6.45, 7) is 1.99. The molecule has 2 aromatic carbocycles. The Morgan fingerprint density at radius 1 is 1.04 bits per heavy atom. The molecule has 25 heavy (non-hydrogen) atoms. The van der Waals surface area contributed by atoms with E-state index in [2.05, 4.69) is 74.7 Å². The Morgan fingerprint density at radius 3 is 2.56 bits per heavy atom. The highest BCUT2D eigenvalue weighted by Crippen LogP contribution is 2.28. The number of anilines is 1. The van der Waals surface area contributed by atoms with Crippen molar-refractivity contribution in [3.63, 3.8) is 0 Å². The van der Waals surface area contributed by atoms with Crippen LogP contribution in [-0.2, 0) is 14.1 Å². The highest BCUT2D eigenvalue weighted by molar-refractivity contribution is 6.11. The minimum Gasteiger partial charge on any atom is -0.344 e. The number of nitrogens with zero attached hydrogens (tertiary/aromatic N) is 7. The van der Waals surface area contributed by atoms with Crippen LogP contribution in [0.25, 0.3) is 21.8 Å². The molecule has 126 valence electrons. The molecule has 0 amide bonds. The number of benzene rings is 2. The average Bonchev–Trinajstić information content (AvgIpc) is 3.17. The summed E-state index contributed by atoms with van der Waals surface area (Å²) >= 11 is 0. The molecule has 0 aliphatic carbocycles. The fourth-order valence-electron chi connectivity index (χ4n) is 3.22. The van der Waals surface area contributed by atoms with Gasteiger partial charge in [0.15, 0.2) is 0 Å². The van der Waals surface area contributed by atoms with Crippen LogP contribution in [0.5, 0.6) is 0 Å². The Hall–Kier alpha value is -3.22. The number of tetrazole rings is 1. The summed E-state index contributed by atoms with van der Waals surface area (Å²) in [6, 6.07) is 14.9. The number of rotatable bonds is 3. The molecule has 0 fully saturated rings. The zero-order valence-electron chi connectivity index (χ0n) is 14.7. The van der Waals surface area contributed by atoms with Gasteiger partial charge in [-0.1, -0.05) is 29.4 Å². The predicted octanol–water partition coefficient (Wildman–Crippen LogP) is 2.72. The van der Waals surface area contributed by atoms with Gasteiger partial charge in [-0.25, -0.2) is 9.69 Å². The summed E-state index contributed by atoms with van der Waals surface area (Å²) < 4.78 is 3.81. The second kappa shape index (κ2) is 5.70. The lowest BCUT2D eigenvalue weighted by molar-refractivity contribution is 0.701. The highest BCUT2D eigenvalue weighted by Gasteiger charge is 2.11. The van der Waals surface area contributed by atoms with Crippen molar-refractivity contribution in [2.75, 3.05) is 12.1 Å². The molecule has 0 atom stereocenters. The van der Waals surface area contributed by atoms with Crippen LogP contribution in [0.1, 0.15) is 12.5 Å². The average molecular weight is 333 g/mol. The molecular formula is C18H19N7. The predicted molar refractivity (Wildman–Crippen MR) is 99.8 cm³/mol. The van der Waals surface area contributed by atoms with E-state index >= 15 is 0 Å². The van der Waals surface area contributed by atoms with Crippen LogP contribution >= 0.6 is 0 Å². The first kappa shape index (κ1) is 15.3. The van der Waals surface area contributed by atoms with E-state index in [1.165, 1.54) is 21.8 Å². The van der Waals surface area contributed by atoms with E-state index in [1.54, 1.807) is 16.7 Å². The summed E-state index contributed by atoms with van der Waals surface area (Å²) in [5.74, 6) is 0.589. The second-order valence-electron chi connectivity index (χ2n) is 6.12. The molecule has 2 aromatic heterocycles. The molecule has 0 saturated heterocycles. The molecule has 0 aliphatic heterocycles. The van der Waals surface area contributed by atoms with Gasteiger partial charge < -0.3 is 4.57 Å². The molecule has 7 heteroatoms. The first-order valence-electron chi connectivity index (χ1n) is 8.05. The first-order chi connectivity index (χ1) is 12.1. The lowest BCUT2D eigenvalue weighted by atomic mass is 10.1. The van der Waals surface area contributed by atoms with Crippen molar-refractivity contribution in [1.82, 2.24) is 24.8 Å². The first-order valence-corrected chi connectivity index (χ1v) is 8.05. The van der Waals surface area contributed by atoms with Gasteiger partial charge in [0.1, 0.15) is 0 Å². The van der Waals surface area contributed by atoms with E-state index in [0.717, 1.165) is 11.3 Å². The maximum Gasteiger partial charge on any atom is 0.265 e. The van der Waals surface area contributed by atoms with E-state index in [9.17, 15) is 0 Å². The van der Waals surface area contributed by atoms with Crippen LogP contribution in [0.3, 0.4) is 0 Å². The van der Waals surface area contributed by atoms with Gasteiger partial charge in [-0.3, -0.25) is 0 Å². The van der Waals surface area contributed by atoms with Crippen molar-refractivity contribution in [3.05, 3.63) is 48.0 Å². The van der Waals surface area contributed by atoms with Crippen LogP contribution in [0.2, 0.25) is 0 Å². The van der Waals surface area contributed by atoms with E-state index in [-0.39, 0.29) is 0 Å². The summed E-state index contributed by atoms with van der Waals surface area (Å²) in [7, 11) is 5.73. The van der Waals surface area contributed by atoms with E-state index < -0.39 is 0 Å². The van der Waals surface area contributed by atoms with E-state index in [0.29, 0.717) is 5.95 Å². The van der Waals surface area contributed by atoms with Crippen molar-refractivity contribution in [1.29, 1.82) is 0 Å². The summed E-state index contributed by atoms with van der Waals surface area (Å²) in [4.78, 5) is 0. The summed E-state index contributed by atoms with van der Waals surface area (Å²) in [5, 5.41) is 20.2. The lowest BCUT2D eigenvalue weighted by Crippen LogP contribution is -2.16. The summed E-state index contributed by atoms with van der Waals surface area (Å²) in [6.07, 6.45) is 0. The molecule has 0 aliphatic rings. The molecule has 0 spiro atoms. The van der Waals surface area contributed by atoms with Gasteiger partial charge in [-0.15, -0.1) is 0 Å². The highest BCUT2D eigenvalue weighted by atomic mass is 15.6. The third-order valence-corrected chi connectivity index (χ3v) is 4.52. The molecule has 0 bridgehead atoms. The lowest BCUT2D eigenvalue weighted by Gasteiger charge is -2.12. The van der Waals surface area contributed by atoms with Crippen molar-refractivity contribution in [2.45, 2.75) is 6.92 Å². The molecule has 0 radical (unpaired) electrons. The number of fused-ring (bicyclic) bond motifs is 3. The molecule has 4 rings (SSSR count). The molecule has 0 saturated carbocycles. The summed E-state index contributed by atoms with van der Waals surface area (Å²) in [5.41, 5.74) is 4.42. The van der Waals surface area contributed by atoms with Crippen LogP contribution < -0.4 is 5.01 Å². The van der Waals surface area contributed by atoms with Crippen LogP contribution in [0.15, 0.2) is 47.6 Å². The Balaban J connectivity index is 1.80. The third-order valence-electron chi connectivity index (χ3n) is 4.52. The fourth-order valence-corrected chi connectivity index (χ4v) is 3.22. The Kier molecular flexibility index (Phi) is 3.49. The van der Waals surface area contributed by atoms with Gasteiger partial charge >= 0.3 is 0 Å². The molecule has 0 N–H and O–H groups in total.